The molecule has 0 amide bonds. The molecule has 1 aromatic rings. The Balaban J connectivity index is 1.84. The topological polar surface area (TPSA) is 57.6 Å². The third-order valence-corrected chi connectivity index (χ3v) is 4.31. The Hall–Kier alpha value is -1.68. The Morgan fingerprint density at radius 1 is 1.23 bits per heavy atom. The molecule has 2 rings (SSSR count). The van der Waals surface area contributed by atoms with Crippen LogP contribution in [0.3, 0.4) is 0 Å². The number of Topliss-reactive ketones (excluding diaryl/α,β-unsaturated/α-hetero) is 1. The lowest BCUT2D eigenvalue weighted by atomic mass is 10.0. The average molecular weight is 303 g/mol. The van der Waals surface area contributed by atoms with E-state index in [1.807, 2.05) is 24.3 Å². The fourth-order valence-electron chi connectivity index (χ4n) is 2.91. The van der Waals surface area contributed by atoms with Crippen molar-refractivity contribution in [2.24, 2.45) is 5.92 Å². The number of carbonyl (C=O) groups excluding carboxylic acids is 1. The summed E-state index contributed by atoms with van der Waals surface area (Å²) >= 11 is 0. The van der Waals surface area contributed by atoms with E-state index >= 15 is 0 Å². The normalized spacial score (nSPS) is 18.5. The second kappa shape index (κ2) is 8.08. The molecular formula is C18H25NO3. The lowest BCUT2D eigenvalue weighted by Gasteiger charge is -2.15. The zero-order valence-electron chi connectivity index (χ0n) is 13.3. The van der Waals surface area contributed by atoms with Gasteiger partial charge in [0, 0.05) is 25.1 Å². The third kappa shape index (κ3) is 4.67. The van der Waals surface area contributed by atoms with Gasteiger partial charge in [-0.25, -0.2) is 0 Å². The molecule has 1 unspecified atom stereocenters. The van der Waals surface area contributed by atoms with Crippen LogP contribution in [0, 0.1) is 5.92 Å². The summed E-state index contributed by atoms with van der Waals surface area (Å²) in [6.45, 7) is 4.34. The SMILES string of the molecule is CCCCCC(=O)c1ccc(CN2CCC(C(=O)O)C2)cc1. The van der Waals surface area contributed by atoms with Crippen molar-refractivity contribution in [3.63, 3.8) is 0 Å². The molecule has 1 fully saturated rings. The van der Waals surface area contributed by atoms with Crippen LogP contribution in [0.2, 0.25) is 0 Å². The standard InChI is InChI=1S/C18H25NO3/c1-2-3-4-5-17(20)15-8-6-14(7-9-15)12-19-11-10-16(13-19)18(21)22/h6-9,16H,2-5,10-13H2,1H3,(H,21,22). The molecule has 1 N–H and O–H groups in total. The van der Waals surface area contributed by atoms with E-state index in [1.54, 1.807) is 0 Å². The number of nitrogens with zero attached hydrogens (tertiary/aromatic N) is 1. The summed E-state index contributed by atoms with van der Waals surface area (Å²) in [7, 11) is 0. The highest BCUT2D eigenvalue weighted by Gasteiger charge is 2.27. The number of carbonyl (C=O) groups is 2. The van der Waals surface area contributed by atoms with Gasteiger partial charge in [-0.3, -0.25) is 14.5 Å². The van der Waals surface area contributed by atoms with Gasteiger partial charge in [-0.05, 0) is 24.9 Å². The van der Waals surface area contributed by atoms with E-state index in [1.165, 1.54) is 0 Å². The van der Waals surface area contributed by atoms with Crippen LogP contribution < -0.4 is 0 Å². The Morgan fingerprint density at radius 3 is 2.55 bits per heavy atom. The summed E-state index contributed by atoms with van der Waals surface area (Å²) in [4.78, 5) is 25.1. The van der Waals surface area contributed by atoms with Crippen molar-refractivity contribution in [2.45, 2.75) is 45.6 Å². The second-order valence-corrected chi connectivity index (χ2v) is 6.14. The first-order valence-electron chi connectivity index (χ1n) is 8.17. The van der Waals surface area contributed by atoms with Gasteiger partial charge in [-0.2, -0.15) is 0 Å². The van der Waals surface area contributed by atoms with Crippen molar-refractivity contribution in [1.29, 1.82) is 0 Å². The van der Waals surface area contributed by atoms with E-state index in [-0.39, 0.29) is 11.7 Å². The van der Waals surface area contributed by atoms with Crippen LogP contribution in [0.25, 0.3) is 0 Å². The van der Waals surface area contributed by atoms with Gasteiger partial charge in [0.25, 0.3) is 0 Å². The number of rotatable bonds is 8. The summed E-state index contributed by atoms with van der Waals surface area (Å²) in [5.41, 5.74) is 1.92. The maximum atomic E-state index is 12.0. The Labute approximate surface area is 132 Å². The number of hydrogen-bond donors (Lipinski definition) is 1. The monoisotopic (exact) mass is 303 g/mol. The first-order chi connectivity index (χ1) is 10.6. The van der Waals surface area contributed by atoms with E-state index in [0.717, 1.165) is 49.9 Å². The Kier molecular flexibility index (Phi) is 6.13. The van der Waals surface area contributed by atoms with Crippen LogP contribution in [-0.2, 0) is 11.3 Å². The molecule has 1 heterocycles. The predicted molar refractivity (Wildman–Crippen MR) is 85.9 cm³/mol. The molecule has 0 radical (unpaired) electrons. The second-order valence-electron chi connectivity index (χ2n) is 6.14. The average Bonchev–Trinajstić information content (AvgIpc) is 2.97. The zero-order chi connectivity index (χ0) is 15.9. The summed E-state index contributed by atoms with van der Waals surface area (Å²) in [6.07, 6.45) is 4.54. The minimum absolute atomic E-state index is 0.215. The summed E-state index contributed by atoms with van der Waals surface area (Å²) < 4.78 is 0. The first-order valence-corrected chi connectivity index (χ1v) is 8.17. The van der Waals surface area contributed by atoms with Gasteiger partial charge in [0.15, 0.2) is 5.78 Å². The predicted octanol–water partition coefficient (Wildman–Crippen LogP) is 3.36. The number of carboxylic acid groups (broad SMARTS) is 1. The minimum atomic E-state index is -0.699. The van der Waals surface area contributed by atoms with Gasteiger partial charge in [0.05, 0.1) is 5.92 Å². The number of likely N-dealkylation sites (tertiary alicyclic amines) is 1. The number of hydrogen-bond acceptors (Lipinski definition) is 3. The summed E-state index contributed by atoms with van der Waals surface area (Å²) in [5.74, 6) is -0.720. The number of aliphatic carboxylic acids is 1. The van der Waals surface area contributed by atoms with Crippen molar-refractivity contribution >= 4 is 11.8 Å². The fraction of sp³-hybridized carbons (Fsp3) is 0.556. The van der Waals surface area contributed by atoms with Crippen molar-refractivity contribution in [3.05, 3.63) is 35.4 Å². The van der Waals surface area contributed by atoms with Crippen molar-refractivity contribution in [3.8, 4) is 0 Å². The van der Waals surface area contributed by atoms with Crippen LogP contribution in [0.5, 0.6) is 0 Å². The number of benzene rings is 1. The third-order valence-electron chi connectivity index (χ3n) is 4.31. The highest BCUT2D eigenvalue weighted by atomic mass is 16.4. The molecule has 0 aromatic heterocycles. The first kappa shape index (κ1) is 16.7. The minimum Gasteiger partial charge on any atom is -0.481 e. The molecule has 0 saturated carbocycles. The largest absolute Gasteiger partial charge is 0.481 e. The molecule has 1 saturated heterocycles. The maximum absolute atomic E-state index is 12.0. The highest BCUT2D eigenvalue weighted by Crippen LogP contribution is 2.19. The van der Waals surface area contributed by atoms with Crippen LogP contribution in [0.15, 0.2) is 24.3 Å². The van der Waals surface area contributed by atoms with Gasteiger partial charge in [-0.1, -0.05) is 44.0 Å². The molecule has 1 aliphatic rings. The zero-order valence-corrected chi connectivity index (χ0v) is 13.3. The van der Waals surface area contributed by atoms with Crippen molar-refractivity contribution in [2.75, 3.05) is 13.1 Å². The quantitative estimate of drug-likeness (QED) is 0.591. The van der Waals surface area contributed by atoms with E-state index in [2.05, 4.69) is 11.8 Å². The summed E-state index contributed by atoms with van der Waals surface area (Å²) in [6, 6.07) is 7.77. The van der Waals surface area contributed by atoms with Crippen LogP contribution in [-0.4, -0.2) is 34.8 Å². The van der Waals surface area contributed by atoms with E-state index in [0.29, 0.717) is 13.0 Å². The van der Waals surface area contributed by atoms with Crippen LogP contribution >= 0.6 is 0 Å². The lowest BCUT2D eigenvalue weighted by Crippen LogP contribution is -2.22. The van der Waals surface area contributed by atoms with Crippen LogP contribution in [0.4, 0.5) is 0 Å². The highest BCUT2D eigenvalue weighted by molar-refractivity contribution is 5.96. The van der Waals surface area contributed by atoms with Crippen molar-refractivity contribution < 1.29 is 14.7 Å². The fourth-order valence-corrected chi connectivity index (χ4v) is 2.91. The molecule has 120 valence electrons. The molecule has 1 aliphatic heterocycles. The van der Waals surface area contributed by atoms with Crippen molar-refractivity contribution in [1.82, 2.24) is 4.90 Å². The van der Waals surface area contributed by atoms with Gasteiger partial charge in [0.1, 0.15) is 0 Å². The Morgan fingerprint density at radius 2 is 1.95 bits per heavy atom. The maximum Gasteiger partial charge on any atom is 0.307 e. The van der Waals surface area contributed by atoms with Gasteiger partial charge >= 0.3 is 5.97 Å². The van der Waals surface area contributed by atoms with Crippen LogP contribution in [0.1, 0.15) is 54.9 Å². The molecule has 22 heavy (non-hydrogen) atoms. The smallest absolute Gasteiger partial charge is 0.307 e. The lowest BCUT2D eigenvalue weighted by molar-refractivity contribution is -0.141. The van der Waals surface area contributed by atoms with E-state index in [4.69, 9.17) is 5.11 Å². The van der Waals surface area contributed by atoms with Gasteiger partial charge in [0.2, 0.25) is 0 Å². The van der Waals surface area contributed by atoms with E-state index < -0.39 is 5.97 Å². The number of carboxylic acids is 1. The molecule has 0 aliphatic carbocycles. The van der Waals surface area contributed by atoms with E-state index in [9.17, 15) is 9.59 Å². The van der Waals surface area contributed by atoms with Gasteiger partial charge in [-0.15, -0.1) is 0 Å². The molecule has 0 bridgehead atoms. The van der Waals surface area contributed by atoms with Gasteiger partial charge < -0.3 is 5.11 Å². The molecule has 0 spiro atoms. The molecular weight excluding hydrogens is 278 g/mol. The number of unbranched alkanes of at least 4 members (excludes halogenated alkanes) is 2. The summed E-state index contributed by atoms with van der Waals surface area (Å²) in [5, 5.41) is 9.02. The molecule has 4 heteroatoms. The molecule has 1 atom stereocenters. The number of ketones is 1. The molecule has 4 nitrogen and oxygen atoms in total. The Bertz CT molecular complexity index is 510. The molecule has 1 aromatic carbocycles.